The molecule has 1 fully saturated rings. The van der Waals surface area contributed by atoms with E-state index in [-0.39, 0.29) is 28.3 Å². The SMILES string of the molecule is CN(C)C/C=C/C(O)N1CCC[C@@H](n2c(F)c(-c3ccc(Oc4ccccc4)cc3)c3c(N)n[nH]c(=O)c32)C1. The number of halogens is 1. The minimum Gasteiger partial charge on any atom is -0.457 e. The number of para-hydroxylation sites is 1. The van der Waals surface area contributed by atoms with Crippen LogP contribution in [0.4, 0.5) is 10.2 Å². The summed E-state index contributed by atoms with van der Waals surface area (Å²) in [5.41, 5.74) is 6.61. The van der Waals surface area contributed by atoms with Crippen molar-refractivity contribution in [1.82, 2.24) is 24.6 Å². The normalized spacial score (nSPS) is 17.3. The lowest BCUT2D eigenvalue weighted by molar-refractivity contribution is 0.0126. The predicted molar refractivity (Wildman–Crippen MR) is 150 cm³/mol. The Balaban J connectivity index is 1.50. The van der Waals surface area contributed by atoms with Gasteiger partial charge in [0.1, 0.15) is 23.2 Å². The Labute approximate surface area is 225 Å². The van der Waals surface area contributed by atoms with Crippen LogP contribution in [0.2, 0.25) is 0 Å². The number of aromatic amines is 1. The molecule has 5 rings (SSSR count). The molecule has 3 heterocycles. The highest BCUT2D eigenvalue weighted by Crippen LogP contribution is 2.39. The lowest BCUT2D eigenvalue weighted by Crippen LogP contribution is -2.43. The molecule has 2 aromatic heterocycles. The summed E-state index contributed by atoms with van der Waals surface area (Å²) in [6.07, 6.45) is 4.23. The predicted octanol–water partition coefficient (Wildman–Crippen LogP) is 3.98. The molecule has 2 atom stereocenters. The topological polar surface area (TPSA) is 113 Å². The number of likely N-dealkylation sites (N-methyl/N-ethyl adjacent to an activating group) is 1. The van der Waals surface area contributed by atoms with E-state index in [1.54, 1.807) is 30.3 Å². The second-order valence-corrected chi connectivity index (χ2v) is 10.0. The van der Waals surface area contributed by atoms with Crippen LogP contribution in [0.15, 0.2) is 71.5 Å². The maximum Gasteiger partial charge on any atom is 0.288 e. The van der Waals surface area contributed by atoms with Gasteiger partial charge < -0.3 is 25.0 Å². The number of fused-ring (bicyclic) bond motifs is 1. The number of hydrogen-bond acceptors (Lipinski definition) is 7. The van der Waals surface area contributed by atoms with E-state index in [9.17, 15) is 9.90 Å². The van der Waals surface area contributed by atoms with E-state index in [1.165, 1.54) is 4.57 Å². The molecule has 0 amide bonds. The van der Waals surface area contributed by atoms with Gasteiger partial charge in [-0.3, -0.25) is 9.69 Å². The average molecular weight is 533 g/mol. The van der Waals surface area contributed by atoms with Gasteiger partial charge in [0.2, 0.25) is 5.95 Å². The molecule has 1 unspecified atom stereocenters. The number of nitrogen functional groups attached to an aromatic ring is 1. The first-order chi connectivity index (χ1) is 18.8. The first kappa shape index (κ1) is 26.6. The number of aromatic nitrogens is 3. The fourth-order valence-electron chi connectivity index (χ4n) is 5.12. The van der Waals surface area contributed by atoms with Crippen LogP contribution in [0.5, 0.6) is 11.5 Å². The summed E-state index contributed by atoms with van der Waals surface area (Å²) in [5.74, 6) is 0.767. The quantitative estimate of drug-likeness (QED) is 0.294. The summed E-state index contributed by atoms with van der Waals surface area (Å²) < 4.78 is 23.7. The summed E-state index contributed by atoms with van der Waals surface area (Å²) >= 11 is 0. The minimum absolute atomic E-state index is 0.0428. The number of ether oxygens (including phenoxy) is 1. The fraction of sp³-hybridized carbons (Fsp3) is 0.310. The number of anilines is 1. The van der Waals surface area contributed by atoms with Crippen molar-refractivity contribution < 1.29 is 14.2 Å². The Kier molecular flexibility index (Phi) is 7.78. The van der Waals surface area contributed by atoms with E-state index in [2.05, 4.69) is 10.2 Å². The molecule has 9 nitrogen and oxygen atoms in total. The van der Waals surface area contributed by atoms with Gasteiger partial charge in [-0.15, -0.1) is 0 Å². The number of benzene rings is 2. The molecule has 39 heavy (non-hydrogen) atoms. The van der Waals surface area contributed by atoms with Crippen LogP contribution in [0.25, 0.3) is 22.0 Å². The van der Waals surface area contributed by atoms with Crippen LogP contribution >= 0.6 is 0 Å². The molecule has 1 aliphatic rings. The van der Waals surface area contributed by atoms with Crippen LogP contribution < -0.4 is 16.0 Å². The monoisotopic (exact) mass is 532 g/mol. The number of rotatable bonds is 8. The van der Waals surface area contributed by atoms with Crippen LogP contribution in [0.3, 0.4) is 0 Å². The largest absolute Gasteiger partial charge is 0.457 e. The van der Waals surface area contributed by atoms with Crippen molar-refractivity contribution in [3.63, 3.8) is 0 Å². The molecular weight excluding hydrogens is 499 g/mol. The second-order valence-electron chi connectivity index (χ2n) is 10.0. The van der Waals surface area contributed by atoms with Crippen LogP contribution in [-0.2, 0) is 0 Å². The standard InChI is InChI=1S/C29H33FN6O3/c1-34(2)16-7-11-23(37)35-17-6-8-20(18-35)36-26-25(28(31)32-33-29(26)38)24(27(36)30)19-12-14-22(15-13-19)39-21-9-4-3-5-10-21/h3-5,7,9-15,20,23,37H,6,8,16-18H2,1-2H3,(H2,31,32)(H,33,38)/b11-7+/t20-,23?/m1/s1. The number of piperidine rings is 1. The zero-order valence-electron chi connectivity index (χ0n) is 22.0. The van der Waals surface area contributed by atoms with Crippen molar-refractivity contribution in [3.8, 4) is 22.6 Å². The number of hydrogen-bond donors (Lipinski definition) is 3. The molecule has 0 aliphatic carbocycles. The highest BCUT2D eigenvalue weighted by atomic mass is 19.1. The summed E-state index contributed by atoms with van der Waals surface area (Å²) in [5, 5.41) is 17.4. The Morgan fingerprint density at radius 2 is 1.92 bits per heavy atom. The van der Waals surface area contributed by atoms with E-state index < -0.39 is 17.7 Å². The lowest BCUT2D eigenvalue weighted by Gasteiger charge is -2.35. The summed E-state index contributed by atoms with van der Waals surface area (Å²) in [6, 6.07) is 16.0. The van der Waals surface area contributed by atoms with Gasteiger partial charge >= 0.3 is 0 Å². The zero-order chi connectivity index (χ0) is 27.5. The molecule has 0 spiro atoms. The molecule has 2 aromatic carbocycles. The Bertz CT molecular complexity index is 1510. The van der Waals surface area contributed by atoms with Gasteiger partial charge in [0.05, 0.1) is 5.39 Å². The fourth-order valence-corrected chi connectivity index (χ4v) is 5.12. The van der Waals surface area contributed by atoms with Gasteiger partial charge in [-0.25, -0.2) is 5.10 Å². The number of nitrogens with one attached hydrogen (secondary N) is 1. The molecule has 4 N–H and O–H groups in total. The molecule has 0 bridgehead atoms. The number of nitrogens with zero attached hydrogens (tertiary/aromatic N) is 4. The third-order valence-corrected chi connectivity index (χ3v) is 6.96. The number of likely N-dealkylation sites (tertiary alicyclic amines) is 1. The maximum atomic E-state index is 16.4. The highest BCUT2D eigenvalue weighted by Gasteiger charge is 2.31. The van der Waals surface area contributed by atoms with E-state index in [4.69, 9.17) is 10.5 Å². The first-order valence-corrected chi connectivity index (χ1v) is 13.0. The Morgan fingerprint density at radius 3 is 2.64 bits per heavy atom. The summed E-state index contributed by atoms with van der Waals surface area (Å²) in [6.45, 7) is 1.74. The van der Waals surface area contributed by atoms with Crippen LogP contribution in [0.1, 0.15) is 18.9 Å². The molecule has 204 valence electrons. The van der Waals surface area contributed by atoms with Gasteiger partial charge in [0.25, 0.3) is 5.56 Å². The molecule has 0 radical (unpaired) electrons. The van der Waals surface area contributed by atoms with Crippen molar-refractivity contribution in [2.45, 2.75) is 25.1 Å². The smallest absolute Gasteiger partial charge is 0.288 e. The van der Waals surface area contributed by atoms with E-state index in [1.807, 2.05) is 60.3 Å². The van der Waals surface area contributed by atoms with Gasteiger partial charge in [-0.05, 0) is 62.8 Å². The Hall–Kier alpha value is -3.99. The van der Waals surface area contributed by atoms with Crippen molar-refractivity contribution in [2.24, 2.45) is 0 Å². The van der Waals surface area contributed by atoms with Gasteiger partial charge in [-0.1, -0.05) is 36.4 Å². The zero-order valence-corrected chi connectivity index (χ0v) is 22.0. The third-order valence-electron chi connectivity index (χ3n) is 6.96. The number of aliphatic hydroxyl groups excluding tert-OH is 1. The van der Waals surface area contributed by atoms with Crippen LogP contribution in [0, 0.1) is 5.95 Å². The average Bonchev–Trinajstić information content (AvgIpc) is 3.25. The van der Waals surface area contributed by atoms with Gasteiger partial charge in [0, 0.05) is 31.2 Å². The summed E-state index contributed by atoms with van der Waals surface area (Å²) in [4.78, 5) is 16.9. The molecule has 4 aromatic rings. The van der Waals surface area contributed by atoms with Crippen molar-refractivity contribution in [3.05, 3.63) is 83.1 Å². The van der Waals surface area contributed by atoms with Gasteiger partial charge in [0.15, 0.2) is 5.82 Å². The number of aliphatic hydroxyl groups is 1. The first-order valence-electron chi connectivity index (χ1n) is 13.0. The van der Waals surface area contributed by atoms with E-state index in [0.29, 0.717) is 43.1 Å². The van der Waals surface area contributed by atoms with E-state index in [0.717, 1.165) is 6.42 Å². The molecule has 1 aliphatic heterocycles. The third kappa shape index (κ3) is 5.58. The van der Waals surface area contributed by atoms with Crippen molar-refractivity contribution >= 4 is 16.7 Å². The molecular formula is C29H33FN6O3. The van der Waals surface area contributed by atoms with Crippen molar-refractivity contribution in [2.75, 3.05) is 39.5 Å². The molecule has 1 saturated heterocycles. The second kappa shape index (κ2) is 11.4. The molecule has 0 saturated carbocycles. The van der Waals surface area contributed by atoms with Crippen molar-refractivity contribution in [1.29, 1.82) is 0 Å². The highest BCUT2D eigenvalue weighted by molar-refractivity contribution is 6.02. The number of H-pyrrole nitrogens is 1. The Morgan fingerprint density at radius 1 is 1.21 bits per heavy atom. The molecule has 10 heteroatoms. The maximum absolute atomic E-state index is 16.4. The van der Waals surface area contributed by atoms with Gasteiger partial charge in [-0.2, -0.15) is 9.49 Å². The van der Waals surface area contributed by atoms with E-state index >= 15 is 4.39 Å². The number of nitrogens with two attached hydrogens (primary N) is 1. The minimum atomic E-state index is -0.806. The summed E-state index contributed by atoms with van der Waals surface area (Å²) in [7, 11) is 3.90. The lowest BCUT2D eigenvalue weighted by atomic mass is 10.0. The van der Waals surface area contributed by atoms with Crippen LogP contribution in [-0.4, -0.2) is 69.6 Å².